The number of rotatable bonds is 5. The van der Waals surface area contributed by atoms with E-state index >= 15 is 0 Å². The van der Waals surface area contributed by atoms with Gasteiger partial charge in [-0.1, -0.05) is 18.2 Å². The van der Waals surface area contributed by atoms with Gasteiger partial charge in [-0.2, -0.15) is 0 Å². The van der Waals surface area contributed by atoms with E-state index in [0.29, 0.717) is 23.3 Å². The number of urea groups is 1. The van der Waals surface area contributed by atoms with Crippen molar-refractivity contribution >= 4 is 34.4 Å². The second kappa shape index (κ2) is 8.05. The quantitative estimate of drug-likeness (QED) is 0.673. The summed E-state index contributed by atoms with van der Waals surface area (Å²) in [7, 11) is 0. The number of anilines is 1. The van der Waals surface area contributed by atoms with Gasteiger partial charge in [0, 0.05) is 17.1 Å². The molecule has 2 aromatic carbocycles. The average Bonchev–Trinajstić information content (AvgIpc) is 2.66. The van der Waals surface area contributed by atoms with Crippen LogP contribution in [0, 0.1) is 0 Å². The van der Waals surface area contributed by atoms with Gasteiger partial charge in [0.2, 0.25) is 0 Å². The number of nitrogens with zero attached hydrogens (tertiary/aromatic N) is 2. The molecule has 1 heterocycles. The van der Waals surface area contributed by atoms with Crippen molar-refractivity contribution in [2.24, 2.45) is 0 Å². The van der Waals surface area contributed by atoms with Gasteiger partial charge in [0.25, 0.3) is 5.56 Å². The number of hydrogen-bond acceptors (Lipinski definition) is 4. The third-order valence-electron chi connectivity index (χ3n) is 3.99. The fourth-order valence-corrected chi connectivity index (χ4v) is 3.08. The van der Waals surface area contributed by atoms with Gasteiger partial charge in [0.15, 0.2) is 0 Å². The van der Waals surface area contributed by atoms with Gasteiger partial charge in [0.05, 0.1) is 17.4 Å². The zero-order chi connectivity index (χ0) is 18.5. The van der Waals surface area contributed by atoms with Crippen LogP contribution in [0.3, 0.4) is 0 Å². The molecule has 1 aromatic heterocycles. The van der Waals surface area contributed by atoms with Crippen molar-refractivity contribution in [3.8, 4) is 0 Å². The number of para-hydroxylation sites is 1. The third kappa shape index (κ3) is 4.05. The van der Waals surface area contributed by atoms with Crippen LogP contribution >= 0.6 is 11.8 Å². The highest BCUT2D eigenvalue weighted by Crippen LogP contribution is 2.19. The fraction of sp³-hybridized carbons (Fsp3) is 0.211. The summed E-state index contributed by atoms with van der Waals surface area (Å²) in [5.41, 5.74) is 1.16. The first-order valence-electron chi connectivity index (χ1n) is 8.28. The minimum Gasteiger partial charge on any atom is -0.317 e. The highest BCUT2D eigenvalue weighted by atomic mass is 32.2. The SMILES string of the molecule is CCN(Cc1nc2ccccc2c(=O)[nH]1)C(=O)Nc1cccc(SC)c1. The Labute approximate surface area is 155 Å². The zero-order valence-electron chi connectivity index (χ0n) is 14.7. The smallest absolute Gasteiger partial charge is 0.317 e. The molecule has 2 N–H and O–H groups in total. The maximum Gasteiger partial charge on any atom is 0.322 e. The van der Waals surface area contributed by atoms with E-state index in [9.17, 15) is 9.59 Å². The van der Waals surface area contributed by atoms with E-state index < -0.39 is 0 Å². The lowest BCUT2D eigenvalue weighted by atomic mass is 10.2. The number of fused-ring (bicyclic) bond motifs is 1. The molecule has 2 amide bonds. The number of nitrogens with one attached hydrogen (secondary N) is 2. The summed E-state index contributed by atoms with van der Waals surface area (Å²) in [5.74, 6) is 0.462. The molecule has 134 valence electrons. The van der Waals surface area contributed by atoms with Gasteiger partial charge < -0.3 is 15.2 Å². The Hall–Kier alpha value is -2.80. The Balaban J connectivity index is 1.78. The minimum absolute atomic E-state index is 0.199. The van der Waals surface area contributed by atoms with Gasteiger partial charge in [-0.3, -0.25) is 4.79 Å². The van der Waals surface area contributed by atoms with Crippen LogP contribution in [0.5, 0.6) is 0 Å². The van der Waals surface area contributed by atoms with Crippen molar-refractivity contribution in [1.29, 1.82) is 0 Å². The van der Waals surface area contributed by atoms with E-state index in [-0.39, 0.29) is 18.1 Å². The molecule has 0 aliphatic heterocycles. The predicted octanol–water partition coefficient (Wildman–Crippen LogP) is 3.70. The topological polar surface area (TPSA) is 78.1 Å². The second-order valence-electron chi connectivity index (χ2n) is 5.71. The monoisotopic (exact) mass is 368 g/mol. The Morgan fingerprint density at radius 2 is 2.04 bits per heavy atom. The Bertz CT molecular complexity index is 986. The summed E-state index contributed by atoms with van der Waals surface area (Å²) < 4.78 is 0. The van der Waals surface area contributed by atoms with E-state index in [1.807, 2.05) is 43.5 Å². The number of aromatic amines is 1. The number of carbonyl (C=O) groups is 1. The molecule has 26 heavy (non-hydrogen) atoms. The first-order chi connectivity index (χ1) is 12.6. The van der Waals surface area contributed by atoms with E-state index in [2.05, 4.69) is 15.3 Å². The van der Waals surface area contributed by atoms with Crippen molar-refractivity contribution in [2.75, 3.05) is 18.1 Å². The molecular weight excluding hydrogens is 348 g/mol. The minimum atomic E-state index is -0.235. The number of H-pyrrole nitrogens is 1. The van der Waals surface area contributed by atoms with Crippen molar-refractivity contribution in [3.05, 3.63) is 64.7 Å². The van der Waals surface area contributed by atoms with Crippen LogP contribution in [0.25, 0.3) is 10.9 Å². The number of hydrogen-bond donors (Lipinski definition) is 2. The molecule has 0 aliphatic carbocycles. The van der Waals surface area contributed by atoms with Crippen molar-refractivity contribution in [2.45, 2.75) is 18.4 Å². The molecule has 0 spiro atoms. The van der Waals surface area contributed by atoms with Gasteiger partial charge in [-0.15, -0.1) is 11.8 Å². The number of amides is 2. The number of benzene rings is 2. The Kier molecular flexibility index (Phi) is 5.58. The molecule has 6 nitrogen and oxygen atoms in total. The van der Waals surface area contributed by atoms with Crippen LogP contribution in [0.2, 0.25) is 0 Å². The van der Waals surface area contributed by atoms with Gasteiger partial charge in [-0.05, 0) is 43.5 Å². The normalized spacial score (nSPS) is 10.7. The maximum atomic E-state index is 12.6. The van der Waals surface area contributed by atoms with Gasteiger partial charge in [0.1, 0.15) is 5.82 Å². The summed E-state index contributed by atoms with van der Waals surface area (Å²) in [4.78, 5) is 34.7. The lowest BCUT2D eigenvalue weighted by Crippen LogP contribution is -2.35. The van der Waals surface area contributed by atoms with Crippen LogP contribution in [-0.4, -0.2) is 33.7 Å². The van der Waals surface area contributed by atoms with E-state index in [0.717, 1.165) is 10.6 Å². The summed E-state index contributed by atoms with van der Waals surface area (Å²) in [6.45, 7) is 2.60. The predicted molar refractivity (Wildman–Crippen MR) is 106 cm³/mol. The molecule has 7 heteroatoms. The van der Waals surface area contributed by atoms with Crippen LogP contribution in [0.1, 0.15) is 12.7 Å². The second-order valence-corrected chi connectivity index (χ2v) is 6.59. The molecule has 3 aromatic rings. The highest BCUT2D eigenvalue weighted by Gasteiger charge is 2.14. The van der Waals surface area contributed by atoms with Crippen LogP contribution in [0.15, 0.2) is 58.2 Å². The average molecular weight is 368 g/mol. The molecule has 0 unspecified atom stereocenters. The molecule has 0 radical (unpaired) electrons. The zero-order valence-corrected chi connectivity index (χ0v) is 15.5. The lowest BCUT2D eigenvalue weighted by Gasteiger charge is -2.21. The highest BCUT2D eigenvalue weighted by molar-refractivity contribution is 7.98. The molecule has 3 rings (SSSR count). The van der Waals surface area contributed by atoms with Crippen molar-refractivity contribution < 1.29 is 4.79 Å². The largest absolute Gasteiger partial charge is 0.322 e. The van der Waals surface area contributed by atoms with Crippen LogP contribution < -0.4 is 10.9 Å². The van der Waals surface area contributed by atoms with Gasteiger partial charge >= 0.3 is 6.03 Å². The van der Waals surface area contributed by atoms with Crippen molar-refractivity contribution in [1.82, 2.24) is 14.9 Å². The first-order valence-corrected chi connectivity index (χ1v) is 9.51. The molecule has 0 atom stereocenters. The molecule has 0 saturated carbocycles. The first kappa shape index (κ1) is 18.0. The summed E-state index contributed by atoms with van der Waals surface area (Å²) in [6.07, 6.45) is 1.99. The van der Waals surface area contributed by atoms with Crippen LogP contribution in [-0.2, 0) is 6.54 Å². The fourth-order valence-electron chi connectivity index (χ4n) is 2.62. The van der Waals surface area contributed by atoms with E-state index in [1.165, 1.54) is 0 Å². The number of aromatic nitrogens is 2. The van der Waals surface area contributed by atoms with Gasteiger partial charge in [-0.25, -0.2) is 9.78 Å². The lowest BCUT2D eigenvalue weighted by molar-refractivity contribution is 0.211. The third-order valence-corrected chi connectivity index (χ3v) is 4.72. The molecular formula is C19H20N4O2S. The molecule has 0 bridgehead atoms. The summed E-state index contributed by atoms with van der Waals surface area (Å²) >= 11 is 1.61. The molecule has 0 saturated heterocycles. The molecule has 0 fully saturated rings. The standard InChI is InChI=1S/C19H20N4O2S/c1-3-23(19(25)20-13-7-6-8-14(11-13)26-2)12-17-21-16-10-5-4-9-15(16)18(24)22-17/h4-11H,3,12H2,1-2H3,(H,20,25)(H,21,22,24). The van der Waals surface area contributed by atoms with Crippen molar-refractivity contribution in [3.63, 3.8) is 0 Å². The maximum absolute atomic E-state index is 12.6. The summed E-state index contributed by atoms with van der Waals surface area (Å²) in [6, 6.07) is 14.6. The Morgan fingerprint density at radius 3 is 2.81 bits per heavy atom. The molecule has 0 aliphatic rings. The van der Waals surface area contributed by atoms with E-state index in [1.54, 1.807) is 34.9 Å². The van der Waals surface area contributed by atoms with Crippen LogP contribution in [0.4, 0.5) is 10.5 Å². The van der Waals surface area contributed by atoms with E-state index in [4.69, 9.17) is 0 Å². The number of carbonyl (C=O) groups excluding carboxylic acids is 1. The number of thioether (sulfide) groups is 1. The summed E-state index contributed by atoms with van der Waals surface area (Å²) in [5, 5.41) is 3.43. The Morgan fingerprint density at radius 1 is 1.23 bits per heavy atom.